The second kappa shape index (κ2) is 12.0. The molecule has 0 amide bonds. The molecular weight excluding hydrogens is 514 g/mol. The predicted octanol–water partition coefficient (Wildman–Crippen LogP) is 5.55. The van der Waals surface area contributed by atoms with Crippen molar-refractivity contribution in [2.45, 2.75) is 90.4 Å². The third-order valence-electron chi connectivity index (χ3n) is 7.85. The fourth-order valence-electron chi connectivity index (χ4n) is 5.86. The molecule has 2 heterocycles. The van der Waals surface area contributed by atoms with Gasteiger partial charge in [0.1, 0.15) is 5.82 Å². The van der Waals surface area contributed by atoms with E-state index < -0.39 is 5.60 Å². The Labute approximate surface area is 241 Å². The maximum Gasteiger partial charge on any atom is 0.259 e. The average molecular weight is 554 g/mol. The van der Waals surface area contributed by atoms with Gasteiger partial charge in [0.25, 0.3) is 5.56 Å². The molecule has 1 aliphatic carbocycles. The summed E-state index contributed by atoms with van der Waals surface area (Å²) in [6.07, 6.45) is 5.44. The number of ether oxygens (including phenoxy) is 1. The molecule has 214 valence electrons. The summed E-state index contributed by atoms with van der Waals surface area (Å²) in [7, 11) is 0. The second-order valence-electron chi connectivity index (χ2n) is 11.8. The molecule has 0 aliphatic heterocycles. The van der Waals surface area contributed by atoms with Crippen molar-refractivity contribution >= 4 is 5.78 Å². The van der Waals surface area contributed by atoms with Crippen LogP contribution in [0.2, 0.25) is 0 Å². The van der Waals surface area contributed by atoms with E-state index in [4.69, 9.17) is 14.8 Å². The molecule has 0 unspecified atom stereocenters. The van der Waals surface area contributed by atoms with Crippen molar-refractivity contribution in [2.75, 3.05) is 6.61 Å². The van der Waals surface area contributed by atoms with Gasteiger partial charge in [0, 0.05) is 18.0 Å². The van der Waals surface area contributed by atoms with Crippen LogP contribution in [-0.2, 0) is 17.6 Å². The summed E-state index contributed by atoms with van der Waals surface area (Å²) >= 11 is 0. The highest BCUT2D eigenvalue weighted by Crippen LogP contribution is 2.32. The van der Waals surface area contributed by atoms with Gasteiger partial charge >= 0.3 is 0 Å². The predicted molar refractivity (Wildman–Crippen MR) is 159 cm³/mol. The van der Waals surface area contributed by atoms with Crippen molar-refractivity contribution in [2.24, 2.45) is 0 Å². The Morgan fingerprint density at radius 2 is 1.80 bits per heavy atom. The van der Waals surface area contributed by atoms with Crippen molar-refractivity contribution in [1.82, 2.24) is 19.2 Å². The Kier molecular flexibility index (Phi) is 8.39. The summed E-state index contributed by atoms with van der Waals surface area (Å²) in [5.41, 5.74) is 4.37. The van der Waals surface area contributed by atoms with E-state index >= 15 is 0 Å². The molecule has 5 rings (SSSR count). The Balaban J connectivity index is 1.48. The van der Waals surface area contributed by atoms with Gasteiger partial charge < -0.3 is 9.84 Å². The second-order valence-corrected chi connectivity index (χ2v) is 11.8. The Morgan fingerprint density at radius 3 is 2.46 bits per heavy atom. The number of fused-ring (bicyclic) bond motifs is 1. The van der Waals surface area contributed by atoms with Crippen LogP contribution in [0.5, 0.6) is 0 Å². The van der Waals surface area contributed by atoms with Crippen LogP contribution in [0.25, 0.3) is 16.9 Å². The van der Waals surface area contributed by atoms with Gasteiger partial charge in [-0.15, -0.1) is 0 Å². The highest BCUT2D eigenvalue weighted by Gasteiger charge is 2.29. The molecule has 8 nitrogen and oxygen atoms in total. The number of aliphatic hydroxyl groups is 1. The molecule has 41 heavy (non-hydrogen) atoms. The molecule has 0 bridgehead atoms. The Bertz CT molecular complexity index is 1610. The van der Waals surface area contributed by atoms with Gasteiger partial charge in [0.2, 0.25) is 5.78 Å². The van der Waals surface area contributed by atoms with E-state index in [1.807, 2.05) is 64.5 Å². The number of hydrogen-bond donors (Lipinski definition) is 1. The number of aryl methyl sites for hydroxylation is 2. The van der Waals surface area contributed by atoms with E-state index in [2.05, 4.69) is 13.0 Å². The first kappa shape index (κ1) is 28.7. The van der Waals surface area contributed by atoms with Crippen molar-refractivity contribution in [3.05, 3.63) is 87.1 Å². The van der Waals surface area contributed by atoms with Gasteiger partial charge in [0.15, 0.2) is 0 Å². The van der Waals surface area contributed by atoms with Crippen LogP contribution in [0.3, 0.4) is 0 Å². The van der Waals surface area contributed by atoms with Gasteiger partial charge in [-0.25, -0.2) is 4.52 Å². The lowest BCUT2D eigenvalue weighted by Gasteiger charge is -2.32. The molecule has 0 saturated heterocycles. The first-order valence-electron chi connectivity index (χ1n) is 14.6. The number of hydrogen-bond acceptors (Lipinski definition) is 6. The quantitative estimate of drug-likeness (QED) is 0.291. The fraction of sp³-hybridized carbons (Fsp3) is 0.455. The molecule has 2 aromatic heterocycles. The number of rotatable bonds is 9. The van der Waals surface area contributed by atoms with Crippen LogP contribution in [0.4, 0.5) is 0 Å². The van der Waals surface area contributed by atoms with Crippen LogP contribution in [0.1, 0.15) is 87.1 Å². The molecule has 1 saturated carbocycles. The summed E-state index contributed by atoms with van der Waals surface area (Å²) in [5.74, 6) is 1.26. The van der Waals surface area contributed by atoms with Crippen molar-refractivity contribution in [3.63, 3.8) is 0 Å². The van der Waals surface area contributed by atoms with Crippen molar-refractivity contribution in [3.8, 4) is 17.2 Å². The van der Waals surface area contributed by atoms with Crippen LogP contribution in [0.15, 0.2) is 53.3 Å². The zero-order valence-corrected chi connectivity index (χ0v) is 24.4. The third kappa shape index (κ3) is 6.27. The molecule has 1 aliphatic rings. The fourth-order valence-corrected chi connectivity index (χ4v) is 5.86. The van der Waals surface area contributed by atoms with E-state index in [1.165, 1.54) is 0 Å². The summed E-state index contributed by atoms with van der Waals surface area (Å²) in [5, 5.41) is 24.3. The molecule has 0 radical (unpaired) electrons. The minimum absolute atomic E-state index is 0.00751. The average Bonchev–Trinajstić information content (AvgIpc) is 3.35. The minimum Gasteiger partial charge on any atom is -0.388 e. The highest BCUT2D eigenvalue weighted by atomic mass is 16.5. The number of nitriles is 1. The standard InChI is InChI=1S/C33H39N5O3/c1-5-8-30-29(19-23-11-13-24(14-12-23)28-10-7-6-9-25(28)20-34)31(39)37(32-35-22(2)36-38(30)32)26-15-17-27(18-16-26)41-21-33(3,4)40/h6-7,9-14,26-27,40H,5,8,15-19,21H2,1-4H3. The molecule has 2 aromatic carbocycles. The summed E-state index contributed by atoms with van der Waals surface area (Å²) < 4.78 is 9.74. The van der Waals surface area contributed by atoms with E-state index in [9.17, 15) is 15.2 Å². The summed E-state index contributed by atoms with van der Waals surface area (Å²) in [6.45, 7) is 7.78. The zero-order valence-electron chi connectivity index (χ0n) is 24.4. The number of nitrogens with zero attached hydrogens (tertiary/aromatic N) is 5. The Morgan fingerprint density at radius 1 is 1.10 bits per heavy atom. The van der Waals surface area contributed by atoms with Gasteiger partial charge in [0.05, 0.1) is 35.6 Å². The van der Waals surface area contributed by atoms with Gasteiger partial charge in [-0.2, -0.15) is 15.3 Å². The Hall–Kier alpha value is -3.80. The van der Waals surface area contributed by atoms with Gasteiger partial charge in [-0.1, -0.05) is 55.8 Å². The molecule has 0 atom stereocenters. The maximum atomic E-state index is 14.3. The van der Waals surface area contributed by atoms with E-state index in [-0.39, 0.29) is 17.7 Å². The SMILES string of the molecule is CCCc1c(Cc2ccc(-c3ccccc3C#N)cc2)c(=O)n(C2CCC(OCC(C)(C)O)CC2)c2nc(C)nn12. The lowest BCUT2D eigenvalue weighted by molar-refractivity contribution is -0.0654. The lowest BCUT2D eigenvalue weighted by atomic mass is 9.92. The van der Waals surface area contributed by atoms with E-state index in [0.29, 0.717) is 30.2 Å². The van der Waals surface area contributed by atoms with Crippen LogP contribution < -0.4 is 5.56 Å². The number of benzene rings is 2. The van der Waals surface area contributed by atoms with Crippen LogP contribution in [-0.4, -0.2) is 42.6 Å². The summed E-state index contributed by atoms with van der Waals surface area (Å²) in [4.78, 5) is 19.0. The zero-order chi connectivity index (χ0) is 29.1. The molecule has 0 spiro atoms. The first-order chi connectivity index (χ1) is 19.7. The molecule has 4 aromatic rings. The van der Waals surface area contributed by atoms with Crippen molar-refractivity contribution < 1.29 is 9.84 Å². The first-order valence-corrected chi connectivity index (χ1v) is 14.6. The third-order valence-corrected chi connectivity index (χ3v) is 7.85. The minimum atomic E-state index is -0.861. The maximum absolute atomic E-state index is 14.3. The lowest BCUT2D eigenvalue weighted by Crippen LogP contribution is -2.36. The molecule has 1 N–H and O–H groups in total. The topological polar surface area (TPSA) is 105 Å². The van der Waals surface area contributed by atoms with Crippen LogP contribution in [0, 0.1) is 18.3 Å². The van der Waals surface area contributed by atoms with Gasteiger partial charge in [-0.3, -0.25) is 9.36 Å². The summed E-state index contributed by atoms with van der Waals surface area (Å²) in [6, 6.07) is 18.0. The van der Waals surface area contributed by atoms with E-state index in [1.54, 1.807) is 13.8 Å². The largest absolute Gasteiger partial charge is 0.388 e. The van der Waals surface area contributed by atoms with E-state index in [0.717, 1.165) is 66.5 Å². The monoisotopic (exact) mass is 553 g/mol. The normalized spacial score (nSPS) is 17.6. The van der Waals surface area contributed by atoms with Gasteiger partial charge in [-0.05, 0) is 75.6 Å². The molecule has 8 heteroatoms. The highest BCUT2D eigenvalue weighted by molar-refractivity contribution is 5.70. The molecule has 1 fully saturated rings. The molecular formula is C33H39N5O3. The van der Waals surface area contributed by atoms with Crippen molar-refractivity contribution in [1.29, 1.82) is 5.26 Å². The number of aromatic nitrogens is 4. The smallest absolute Gasteiger partial charge is 0.259 e. The van der Waals surface area contributed by atoms with Crippen LogP contribution >= 0.6 is 0 Å².